The third kappa shape index (κ3) is 5.81. The third-order valence-electron chi connectivity index (χ3n) is 5.90. The molecule has 0 radical (unpaired) electrons. The number of carbonyl (C=O) groups is 1. The summed E-state index contributed by atoms with van der Waals surface area (Å²) in [6.45, 7) is 10.9. The van der Waals surface area contributed by atoms with Crippen molar-refractivity contribution < 1.29 is 14.3 Å². The second-order valence-corrected chi connectivity index (χ2v) is 8.02. The van der Waals surface area contributed by atoms with Gasteiger partial charge in [-0.3, -0.25) is 4.79 Å². The van der Waals surface area contributed by atoms with Gasteiger partial charge in [-0.25, -0.2) is 4.98 Å². The van der Waals surface area contributed by atoms with Crippen molar-refractivity contribution in [2.75, 3.05) is 39.4 Å². The number of ether oxygens (including phenoxy) is 2. The zero-order valence-electron chi connectivity index (χ0n) is 18.3. The standard InChI is InChI=1S/C22H36N4O3/c1-4-28-21-19(17(3)23-22(24-21)29-5-2)15-20(27)26-14-10-7-11-18(26)16-25-12-8-6-9-13-25/h18H,4-16H2,1-3H3/t18-/m1/s1. The molecule has 7 nitrogen and oxygen atoms in total. The van der Waals surface area contributed by atoms with E-state index in [1.807, 2.05) is 20.8 Å². The van der Waals surface area contributed by atoms with E-state index in [1.54, 1.807) is 0 Å². The average Bonchev–Trinajstić information content (AvgIpc) is 2.72. The fourth-order valence-electron chi connectivity index (χ4n) is 4.41. The molecule has 29 heavy (non-hydrogen) atoms. The Hall–Kier alpha value is -1.89. The van der Waals surface area contributed by atoms with E-state index < -0.39 is 0 Å². The minimum atomic E-state index is 0.156. The number of rotatable bonds is 8. The van der Waals surface area contributed by atoms with Crippen LogP contribution in [0.25, 0.3) is 0 Å². The van der Waals surface area contributed by atoms with Crippen LogP contribution in [0.2, 0.25) is 0 Å². The highest BCUT2D eigenvalue weighted by Crippen LogP contribution is 2.26. The molecule has 2 aliphatic heterocycles. The van der Waals surface area contributed by atoms with Gasteiger partial charge in [0.1, 0.15) is 0 Å². The monoisotopic (exact) mass is 404 g/mol. The molecule has 0 aliphatic carbocycles. The first-order chi connectivity index (χ1) is 14.1. The second-order valence-electron chi connectivity index (χ2n) is 8.02. The highest BCUT2D eigenvalue weighted by atomic mass is 16.5. The first kappa shape index (κ1) is 21.8. The minimum Gasteiger partial charge on any atom is -0.478 e. The summed E-state index contributed by atoms with van der Waals surface area (Å²) in [7, 11) is 0. The van der Waals surface area contributed by atoms with Gasteiger partial charge >= 0.3 is 6.01 Å². The Kier molecular flexibility index (Phi) is 8.09. The van der Waals surface area contributed by atoms with E-state index in [2.05, 4.69) is 19.8 Å². The number of hydrogen-bond acceptors (Lipinski definition) is 6. The molecule has 3 rings (SSSR count). The SMILES string of the molecule is CCOc1nc(C)c(CC(=O)N2CCCC[C@@H]2CN2CCCCC2)c(OCC)n1. The maximum atomic E-state index is 13.3. The largest absolute Gasteiger partial charge is 0.478 e. The molecule has 162 valence electrons. The van der Waals surface area contributed by atoms with Gasteiger partial charge in [0, 0.05) is 24.7 Å². The Balaban J connectivity index is 1.73. The van der Waals surface area contributed by atoms with Crippen LogP contribution in [0.4, 0.5) is 0 Å². The maximum absolute atomic E-state index is 13.3. The molecule has 1 aromatic rings. The third-order valence-corrected chi connectivity index (χ3v) is 5.90. The van der Waals surface area contributed by atoms with E-state index in [4.69, 9.17) is 9.47 Å². The Bertz CT molecular complexity index is 676. The summed E-state index contributed by atoms with van der Waals surface area (Å²) in [5.74, 6) is 0.630. The Morgan fingerprint density at radius 1 is 1.00 bits per heavy atom. The molecule has 0 N–H and O–H groups in total. The zero-order chi connectivity index (χ0) is 20.6. The molecule has 0 saturated carbocycles. The Labute approximate surface area is 174 Å². The number of amides is 1. The number of hydrogen-bond donors (Lipinski definition) is 0. The van der Waals surface area contributed by atoms with Gasteiger partial charge in [0.05, 0.1) is 25.3 Å². The first-order valence-electron chi connectivity index (χ1n) is 11.3. The number of likely N-dealkylation sites (tertiary alicyclic amines) is 2. The van der Waals surface area contributed by atoms with Crippen molar-refractivity contribution in [3.8, 4) is 11.9 Å². The summed E-state index contributed by atoms with van der Waals surface area (Å²) < 4.78 is 11.2. The molecule has 1 amide bonds. The van der Waals surface area contributed by atoms with Crippen LogP contribution in [0.5, 0.6) is 11.9 Å². The van der Waals surface area contributed by atoms with Crippen molar-refractivity contribution in [2.45, 2.75) is 71.8 Å². The highest BCUT2D eigenvalue weighted by molar-refractivity contribution is 5.80. The van der Waals surface area contributed by atoms with Crippen LogP contribution in [0, 0.1) is 6.92 Å². The molecule has 2 aliphatic rings. The van der Waals surface area contributed by atoms with Crippen LogP contribution in [0.3, 0.4) is 0 Å². The molecule has 3 heterocycles. The van der Waals surface area contributed by atoms with E-state index in [-0.39, 0.29) is 12.3 Å². The number of piperidine rings is 2. The number of aromatic nitrogens is 2. The Morgan fingerprint density at radius 3 is 2.45 bits per heavy atom. The van der Waals surface area contributed by atoms with Gasteiger partial charge in [0.2, 0.25) is 11.8 Å². The minimum absolute atomic E-state index is 0.156. The zero-order valence-corrected chi connectivity index (χ0v) is 18.3. The lowest BCUT2D eigenvalue weighted by Gasteiger charge is -2.40. The lowest BCUT2D eigenvalue weighted by atomic mass is 9.99. The smallest absolute Gasteiger partial charge is 0.319 e. The lowest BCUT2D eigenvalue weighted by molar-refractivity contribution is -0.134. The molecular formula is C22H36N4O3. The van der Waals surface area contributed by atoms with Gasteiger partial charge in [-0.1, -0.05) is 6.42 Å². The topological polar surface area (TPSA) is 67.8 Å². The van der Waals surface area contributed by atoms with Gasteiger partial charge in [-0.2, -0.15) is 4.98 Å². The summed E-state index contributed by atoms with van der Waals surface area (Å²) in [6.07, 6.45) is 7.56. The maximum Gasteiger partial charge on any atom is 0.319 e. The normalized spacial score (nSPS) is 20.5. The van der Waals surface area contributed by atoms with Gasteiger partial charge in [0.15, 0.2) is 0 Å². The summed E-state index contributed by atoms with van der Waals surface area (Å²) in [5.41, 5.74) is 1.53. The van der Waals surface area contributed by atoms with Gasteiger partial charge in [0.25, 0.3) is 0 Å². The van der Waals surface area contributed by atoms with Gasteiger partial charge in [-0.05, 0) is 66.0 Å². The van der Waals surface area contributed by atoms with Gasteiger partial charge in [-0.15, -0.1) is 0 Å². The van der Waals surface area contributed by atoms with Crippen LogP contribution in [-0.4, -0.2) is 71.1 Å². The summed E-state index contributed by atoms with van der Waals surface area (Å²) in [4.78, 5) is 26.8. The molecule has 1 atom stereocenters. The van der Waals surface area contributed by atoms with Crippen LogP contribution >= 0.6 is 0 Å². The summed E-state index contributed by atoms with van der Waals surface area (Å²) in [5, 5.41) is 0. The molecule has 0 unspecified atom stereocenters. The number of aryl methyl sites for hydroxylation is 1. The fourth-order valence-corrected chi connectivity index (χ4v) is 4.41. The lowest BCUT2D eigenvalue weighted by Crippen LogP contribution is -2.50. The highest BCUT2D eigenvalue weighted by Gasteiger charge is 2.30. The predicted molar refractivity (Wildman–Crippen MR) is 112 cm³/mol. The van der Waals surface area contributed by atoms with E-state index in [0.717, 1.165) is 37.2 Å². The van der Waals surface area contributed by atoms with E-state index in [1.165, 1.54) is 38.8 Å². The number of nitrogens with zero attached hydrogens (tertiary/aromatic N) is 4. The Morgan fingerprint density at radius 2 is 1.72 bits per heavy atom. The van der Waals surface area contributed by atoms with Crippen LogP contribution in [0.15, 0.2) is 0 Å². The predicted octanol–water partition coefficient (Wildman–Crippen LogP) is 2.99. The summed E-state index contributed by atoms with van der Waals surface area (Å²) in [6, 6.07) is 0.624. The average molecular weight is 405 g/mol. The summed E-state index contributed by atoms with van der Waals surface area (Å²) >= 11 is 0. The second kappa shape index (κ2) is 10.8. The molecule has 0 aromatic carbocycles. The van der Waals surface area contributed by atoms with Crippen molar-refractivity contribution in [3.63, 3.8) is 0 Å². The molecule has 2 fully saturated rings. The van der Waals surface area contributed by atoms with E-state index >= 15 is 0 Å². The van der Waals surface area contributed by atoms with E-state index in [0.29, 0.717) is 31.1 Å². The van der Waals surface area contributed by atoms with Crippen LogP contribution in [-0.2, 0) is 11.2 Å². The van der Waals surface area contributed by atoms with Crippen molar-refractivity contribution in [2.24, 2.45) is 0 Å². The van der Waals surface area contributed by atoms with E-state index in [9.17, 15) is 4.79 Å². The van der Waals surface area contributed by atoms with Crippen molar-refractivity contribution in [1.82, 2.24) is 19.8 Å². The van der Waals surface area contributed by atoms with Crippen molar-refractivity contribution >= 4 is 5.91 Å². The molecule has 0 spiro atoms. The van der Waals surface area contributed by atoms with Gasteiger partial charge < -0.3 is 19.3 Å². The molecule has 7 heteroatoms. The fraction of sp³-hybridized carbons (Fsp3) is 0.773. The van der Waals surface area contributed by atoms with Crippen LogP contribution in [0.1, 0.15) is 63.6 Å². The first-order valence-corrected chi connectivity index (χ1v) is 11.3. The molecular weight excluding hydrogens is 368 g/mol. The molecule has 0 bridgehead atoms. The number of carbonyl (C=O) groups excluding carboxylic acids is 1. The van der Waals surface area contributed by atoms with Crippen LogP contribution < -0.4 is 9.47 Å². The van der Waals surface area contributed by atoms with Crippen molar-refractivity contribution in [3.05, 3.63) is 11.3 Å². The molecule has 2 saturated heterocycles. The quantitative estimate of drug-likeness (QED) is 0.664. The molecule has 1 aromatic heterocycles. The van der Waals surface area contributed by atoms with Crippen molar-refractivity contribution in [1.29, 1.82) is 0 Å².